The van der Waals surface area contributed by atoms with Crippen molar-refractivity contribution in [3.05, 3.63) is 36.5 Å². The maximum Gasteiger partial charge on any atom is 0.243 e. The van der Waals surface area contributed by atoms with E-state index < -0.39 is 0 Å². The lowest BCUT2D eigenvalue weighted by Crippen LogP contribution is -2.21. The third-order valence-electron chi connectivity index (χ3n) is 1.78. The highest BCUT2D eigenvalue weighted by Crippen LogP contribution is 1.92. The maximum absolute atomic E-state index is 11.1. The Bertz CT molecular complexity index is 239. The van der Waals surface area contributed by atoms with E-state index >= 15 is 0 Å². The van der Waals surface area contributed by atoms with E-state index in [9.17, 15) is 4.79 Å². The Kier molecular flexibility index (Phi) is 9.83. The number of rotatable bonds is 7. The zero-order chi connectivity index (χ0) is 11.4. The van der Waals surface area contributed by atoms with Crippen LogP contribution in [0.25, 0.3) is 0 Å². The van der Waals surface area contributed by atoms with Gasteiger partial charge in [-0.3, -0.25) is 4.79 Å². The average molecular weight is 207 g/mol. The quantitative estimate of drug-likeness (QED) is 0.296. The molecule has 15 heavy (non-hydrogen) atoms. The van der Waals surface area contributed by atoms with Crippen molar-refractivity contribution in [1.82, 2.24) is 5.32 Å². The molecule has 0 heterocycles. The van der Waals surface area contributed by atoms with Crippen LogP contribution < -0.4 is 5.32 Å². The van der Waals surface area contributed by atoms with Crippen LogP contribution in [0.4, 0.5) is 0 Å². The fourth-order valence-electron chi connectivity index (χ4n) is 0.984. The SMILES string of the molecule is C/C=C\CC/C=C/C=C/C(=O)NCCC. The van der Waals surface area contributed by atoms with Crippen molar-refractivity contribution in [3.63, 3.8) is 0 Å². The molecule has 0 rings (SSSR count). The number of allylic oxidation sites excluding steroid dienone is 5. The summed E-state index contributed by atoms with van der Waals surface area (Å²) < 4.78 is 0. The van der Waals surface area contributed by atoms with Crippen molar-refractivity contribution in [2.24, 2.45) is 0 Å². The lowest BCUT2D eigenvalue weighted by molar-refractivity contribution is -0.116. The molecule has 0 aromatic heterocycles. The van der Waals surface area contributed by atoms with Crippen molar-refractivity contribution in [3.8, 4) is 0 Å². The van der Waals surface area contributed by atoms with Gasteiger partial charge in [0.25, 0.3) is 0 Å². The Morgan fingerprint density at radius 3 is 2.60 bits per heavy atom. The zero-order valence-electron chi connectivity index (χ0n) is 9.70. The van der Waals surface area contributed by atoms with E-state index in [1.54, 1.807) is 12.2 Å². The normalized spacial score (nSPS) is 11.9. The standard InChI is InChI=1S/C13H21NO/c1-3-5-6-7-8-9-10-11-13(15)14-12-4-2/h3,5,8-11H,4,6-7,12H2,1-2H3,(H,14,15)/b5-3-,9-8+,11-10+. The van der Waals surface area contributed by atoms with Gasteiger partial charge in [0.1, 0.15) is 0 Å². The molecule has 1 N–H and O–H groups in total. The second-order valence-corrected chi connectivity index (χ2v) is 3.22. The smallest absolute Gasteiger partial charge is 0.243 e. The Morgan fingerprint density at radius 1 is 1.20 bits per heavy atom. The fraction of sp³-hybridized carbons (Fsp3) is 0.462. The number of carbonyl (C=O) groups is 1. The van der Waals surface area contributed by atoms with E-state index in [1.807, 2.05) is 26.0 Å². The molecule has 0 aromatic rings. The van der Waals surface area contributed by atoms with Crippen molar-refractivity contribution >= 4 is 5.91 Å². The Hall–Kier alpha value is -1.31. The van der Waals surface area contributed by atoms with Crippen molar-refractivity contribution in [1.29, 1.82) is 0 Å². The highest BCUT2D eigenvalue weighted by Gasteiger charge is 1.89. The Morgan fingerprint density at radius 2 is 1.93 bits per heavy atom. The summed E-state index contributed by atoms with van der Waals surface area (Å²) in [7, 11) is 0. The molecule has 84 valence electrons. The molecule has 0 atom stereocenters. The molecule has 0 aliphatic heterocycles. The van der Waals surface area contributed by atoms with Gasteiger partial charge in [-0.05, 0) is 26.2 Å². The van der Waals surface area contributed by atoms with Crippen LogP contribution in [0.15, 0.2) is 36.5 Å². The number of carbonyl (C=O) groups excluding carboxylic acids is 1. The van der Waals surface area contributed by atoms with Crippen LogP contribution in [0.3, 0.4) is 0 Å². The first-order chi connectivity index (χ1) is 7.31. The molecule has 0 radical (unpaired) electrons. The summed E-state index contributed by atoms with van der Waals surface area (Å²) in [4.78, 5) is 11.1. The van der Waals surface area contributed by atoms with Gasteiger partial charge in [0, 0.05) is 12.6 Å². The first kappa shape index (κ1) is 13.7. The summed E-state index contributed by atoms with van der Waals surface area (Å²) in [5.41, 5.74) is 0. The van der Waals surface area contributed by atoms with Gasteiger partial charge < -0.3 is 5.32 Å². The maximum atomic E-state index is 11.1. The monoisotopic (exact) mass is 207 g/mol. The highest BCUT2D eigenvalue weighted by atomic mass is 16.1. The van der Waals surface area contributed by atoms with Gasteiger partial charge >= 0.3 is 0 Å². The minimum Gasteiger partial charge on any atom is -0.353 e. The molecule has 0 fully saturated rings. The van der Waals surface area contributed by atoms with E-state index in [1.165, 1.54) is 0 Å². The van der Waals surface area contributed by atoms with Gasteiger partial charge in [0.05, 0.1) is 0 Å². The second-order valence-electron chi connectivity index (χ2n) is 3.22. The van der Waals surface area contributed by atoms with Crippen LogP contribution in [-0.2, 0) is 4.79 Å². The van der Waals surface area contributed by atoms with Gasteiger partial charge in [-0.2, -0.15) is 0 Å². The number of unbranched alkanes of at least 4 members (excludes halogenated alkanes) is 1. The zero-order valence-corrected chi connectivity index (χ0v) is 9.70. The van der Waals surface area contributed by atoms with Crippen LogP contribution in [-0.4, -0.2) is 12.5 Å². The van der Waals surface area contributed by atoms with Crippen LogP contribution in [0, 0.1) is 0 Å². The van der Waals surface area contributed by atoms with Gasteiger partial charge in [-0.25, -0.2) is 0 Å². The molecule has 0 unspecified atom stereocenters. The molecule has 0 saturated carbocycles. The van der Waals surface area contributed by atoms with Gasteiger partial charge in [-0.15, -0.1) is 0 Å². The Labute approximate surface area is 92.8 Å². The van der Waals surface area contributed by atoms with E-state index in [0.29, 0.717) is 0 Å². The topological polar surface area (TPSA) is 29.1 Å². The molecular formula is C13H21NO. The van der Waals surface area contributed by atoms with Crippen LogP contribution in [0.5, 0.6) is 0 Å². The lowest BCUT2D eigenvalue weighted by atomic mass is 10.2. The van der Waals surface area contributed by atoms with Gasteiger partial charge in [0.15, 0.2) is 0 Å². The van der Waals surface area contributed by atoms with E-state index in [-0.39, 0.29) is 5.91 Å². The second kappa shape index (κ2) is 10.8. The van der Waals surface area contributed by atoms with Crippen molar-refractivity contribution in [2.45, 2.75) is 33.1 Å². The molecule has 0 aromatic carbocycles. The summed E-state index contributed by atoms with van der Waals surface area (Å²) >= 11 is 0. The van der Waals surface area contributed by atoms with Crippen LogP contribution >= 0.6 is 0 Å². The highest BCUT2D eigenvalue weighted by molar-refractivity contribution is 5.87. The summed E-state index contributed by atoms with van der Waals surface area (Å²) in [6.07, 6.45) is 14.5. The van der Waals surface area contributed by atoms with Gasteiger partial charge in [0.2, 0.25) is 5.91 Å². The Balaban J connectivity index is 3.55. The van der Waals surface area contributed by atoms with Gasteiger partial charge in [-0.1, -0.05) is 37.3 Å². The molecule has 1 amide bonds. The van der Waals surface area contributed by atoms with Crippen LogP contribution in [0.1, 0.15) is 33.1 Å². The average Bonchev–Trinajstić information content (AvgIpc) is 2.25. The molecule has 0 bridgehead atoms. The first-order valence-corrected chi connectivity index (χ1v) is 5.53. The fourth-order valence-corrected chi connectivity index (χ4v) is 0.984. The summed E-state index contributed by atoms with van der Waals surface area (Å²) in [6.45, 7) is 4.79. The largest absolute Gasteiger partial charge is 0.353 e. The van der Waals surface area contributed by atoms with Crippen LogP contribution in [0.2, 0.25) is 0 Å². The third-order valence-corrected chi connectivity index (χ3v) is 1.78. The molecule has 0 spiro atoms. The van der Waals surface area contributed by atoms with E-state index in [2.05, 4.69) is 17.5 Å². The summed E-state index contributed by atoms with van der Waals surface area (Å²) in [5, 5.41) is 2.77. The minimum atomic E-state index is -0.0186. The predicted molar refractivity (Wildman–Crippen MR) is 65.6 cm³/mol. The van der Waals surface area contributed by atoms with Crippen molar-refractivity contribution in [2.75, 3.05) is 6.54 Å². The van der Waals surface area contributed by atoms with E-state index in [4.69, 9.17) is 0 Å². The number of amides is 1. The lowest BCUT2D eigenvalue weighted by Gasteiger charge is -1.95. The molecule has 0 aliphatic carbocycles. The minimum absolute atomic E-state index is 0.0186. The number of hydrogen-bond acceptors (Lipinski definition) is 1. The number of nitrogens with one attached hydrogen (secondary N) is 1. The summed E-state index contributed by atoms with van der Waals surface area (Å²) in [5.74, 6) is -0.0186. The first-order valence-electron chi connectivity index (χ1n) is 5.53. The van der Waals surface area contributed by atoms with E-state index in [0.717, 1.165) is 25.8 Å². The number of hydrogen-bond donors (Lipinski definition) is 1. The molecule has 2 nitrogen and oxygen atoms in total. The predicted octanol–water partition coefficient (Wildman–Crippen LogP) is 2.98. The molecular weight excluding hydrogens is 186 g/mol. The molecule has 2 heteroatoms. The van der Waals surface area contributed by atoms with Crippen molar-refractivity contribution < 1.29 is 4.79 Å². The third kappa shape index (κ3) is 10.6. The molecule has 0 saturated heterocycles. The summed E-state index contributed by atoms with van der Waals surface area (Å²) in [6, 6.07) is 0. The molecule has 0 aliphatic rings.